The van der Waals surface area contributed by atoms with E-state index in [1.807, 2.05) is 45.0 Å². The molecule has 0 saturated carbocycles. The zero-order valence-corrected chi connectivity index (χ0v) is 21.7. The second-order valence-electron chi connectivity index (χ2n) is 9.61. The molecule has 5 rings (SSSR count). The summed E-state index contributed by atoms with van der Waals surface area (Å²) in [4.78, 5) is 33.7. The van der Waals surface area contributed by atoms with E-state index in [1.165, 1.54) is 0 Å². The predicted molar refractivity (Wildman–Crippen MR) is 137 cm³/mol. The number of nitrogens with zero attached hydrogens (tertiary/aromatic N) is 7. The molecule has 3 aromatic heterocycles. The molecule has 1 amide bonds. The lowest BCUT2D eigenvalue weighted by atomic mass is 10.2. The summed E-state index contributed by atoms with van der Waals surface area (Å²) in [5.41, 5.74) is 2.02. The van der Waals surface area contributed by atoms with Crippen LogP contribution in [0.25, 0.3) is 16.7 Å². The van der Waals surface area contributed by atoms with Crippen LogP contribution in [0.2, 0.25) is 0 Å². The fourth-order valence-corrected chi connectivity index (χ4v) is 4.42. The Morgan fingerprint density at radius 1 is 1.29 bits per heavy atom. The number of imidazole rings is 1. The van der Waals surface area contributed by atoms with Crippen molar-refractivity contribution >= 4 is 50.6 Å². The molecule has 0 unspecified atom stereocenters. The first-order valence-corrected chi connectivity index (χ1v) is 12.3. The predicted octanol–water partition coefficient (Wildman–Crippen LogP) is 3.82. The fourth-order valence-electron chi connectivity index (χ4n) is 4.07. The minimum Gasteiger partial charge on any atom is -0.444 e. The lowest BCUT2D eigenvalue weighted by Gasteiger charge is -2.28. The Morgan fingerprint density at radius 2 is 2.09 bits per heavy atom. The maximum absolute atomic E-state index is 12.5. The van der Waals surface area contributed by atoms with E-state index < -0.39 is 5.60 Å². The van der Waals surface area contributed by atoms with Crippen molar-refractivity contribution in [1.29, 1.82) is 0 Å². The number of likely N-dealkylation sites (N-methyl/N-ethyl adjacent to an activating group) is 1. The highest BCUT2D eigenvalue weighted by molar-refractivity contribution is 9.10. The quantitative estimate of drug-likeness (QED) is 0.391. The van der Waals surface area contributed by atoms with Gasteiger partial charge in [0, 0.05) is 20.1 Å². The van der Waals surface area contributed by atoms with Crippen molar-refractivity contribution < 1.29 is 9.53 Å². The first kappa shape index (κ1) is 23.3. The summed E-state index contributed by atoms with van der Waals surface area (Å²) in [6.07, 6.45) is 2.17. The monoisotopic (exact) mass is 541 g/mol. The van der Waals surface area contributed by atoms with Gasteiger partial charge in [0.25, 0.3) is 0 Å². The summed E-state index contributed by atoms with van der Waals surface area (Å²) in [7, 11) is 1.78. The molecule has 0 bridgehead atoms. The van der Waals surface area contributed by atoms with Gasteiger partial charge in [-0.15, -0.1) is 0 Å². The number of aromatic nitrogens is 6. The van der Waals surface area contributed by atoms with E-state index in [1.54, 1.807) is 22.7 Å². The molecule has 4 aromatic rings. The van der Waals surface area contributed by atoms with Gasteiger partial charge in [0.2, 0.25) is 11.9 Å². The second kappa shape index (κ2) is 8.99. The number of halogens is 1. The minimum atomic E-state index is -0.535. The van der Waals surface area contributed by atoms with Crippen LogP contribution in [0, 0.1) is 0 Å². The maximum Gasteiger partial charge on any atom is 0.410 e. The van der Waals surface area contributed by atoms with Gasteiger partial charge in [-0.2, -0.15) is 19.6 Å². The van der Waals surface area contributed by atoms with Crippen molar-refractivity contribution in [2.75, 3.05) is 30.4 Å². The lowest BCUT2D eigenvalue weighted by Crippen LogP contribution is -2.42. The van der Waals surface area contributed by atoms with E-state index in [2.05, 4.69) is 41.2 Å². The Balaban J connectivity index is 1.35. The number of anilines is 2. The summed E-state index contributed by atoms with van der Waals surface area (Å²) in [5, 5.41) is 7.75. The van der Waals surface area contributed by atoms with E-state index in [-0.39, 0.29) is 12.1 Å². The van der Waals surface area contributed by atoms with Crippen molar-refractivity contribution in [2.45, 2.75) is 45.4 Å². The molecule has 12 heteroatoms. The molecular weight excluding hydrogens is 514 g/mol. The molecule has 11 nitrogen and oxygen atoms in total. The number of fused-ring (bicyclic) bond motifs is 2. The summed E-state index contributed by atoms with van der Waals surface area (Å²) in [6.45, 7) is 7.38. The van der Waals surface area contributed by atoms with Gasteiger partial charge in [-0.3, -0.25) is 0 Å². The molecule has 1 aliphatic heterocycles. The summed E-state index contributed by atoms with van der Waals surface area (Å²) in [6, 6.07) is 7.91. The molecule has 1 atom stereocenters. The van der Waals surface area contributed by atoms with Crippen LogP contribution in [0.4, 0.5) is 16.7 Å². The van der Waals surface area contributed by atoms with Gasteiger partial charge >= 0.3 is 6.09 Å². The molecule has 4 heterocycles. The minimum absolute atomic E-state index is 0.00462. The summed E-state index contributed by atoms with van der Waals surface area (Å²) < 4.78 is 7.97. The van der Waals surface area contributed by atoms with Gasteiger partial charge in [0.05, 0.1) is 34.3 Å². The molecular formula is C23H28BrN9O2. The van der Waals surface area contributed by atoms with Crippen molar-refractivity contribution in [3.63, 3.8) is 0 Å². The average Bonchev–Trinajstić information content (AvgIpc) is 3.54. The number of hydrogen-bond donors (Lipinski definition) is 2. The molecule has 2 N–H and O–H groups in total. The van der Waals surface area contributed by atoms with E-state index in [4.69, 9.17) is 14.7 Å². The first-order valence-electron chi connectivity index (χ1n) is 11.5. The van der Waals surface area contributed by atoms with E-state index in [9.17, 15) is 4.79 Å². The number of hydrogen-bond acceptors (Lipinski definition) is 8. The standard InChI is InChI=1S/C23H28BrN9O2/c1-23(2,3)35-22(34)31(4)14-9-10-32(13-14)21-29-19-15(24)11-26-33(19)20(30-21)25-12-18-27-16-7-5-6-8-17(16)28-18/h5-8,11,14H,9-10,12-13H2,1-4H3,(H,27,28)(H,25,29,30)/t14-/m1/s1. The summed E-state index contributed by atoms with van der Waals surface area (Å²) in [5.74, 6) is 1.93. The third-order valence-corrected chi connectivity index (χ3v) is 6.40. The number of ether oxygens (including phenoxy) is 1. The van der Waals surface area contributed by atoms with Crippen molar-refractivity contribution in [2.24, 2.45) is 0 Å². The highest BCUT2D eigenvalue weighted by Gasteiger charge is 2.32. The van der Waals surface area contributed by atoms with E-state index in [0.29, 0.717) is 30.6 Å². The van der Waals surface area contributed by atoms with Crippen LogP contribution in [0.15, 0.2) is 34.9 Å². The molecule has 1 saturated heterocycles. The molecule has 0 aliphatic carbocycles. The second-order valence-corrected chi connectivity index (χ2v) is 10.5. The highest BCUT2D eigenvalue weighted by atomic mass is 79.9. The Hall–Kier alpha value is -3.41. The van der Waals surface area contributed by atoms with Gasteiger partial charge < -0.3 is 24.8 Å². The molecule has 0 radical (unpaired) electrons. The number of rotatable bonds is 5. The Morgan fingerprint density at radius 3 is 2.86 bits per heavy atom. The molecule has 184 valence electrons. The normalized spacial score (nSPS) is 16.3. The van der Waals surface area contributed by atoms with E-state index >= 15 is 0 Å². The average molecular weight is 542 g/mol. The van der Waals surface area contributed by atoms with Gasteiger partial charge in [0.15, 0.2) is 5.65 Å². The molecule has 1 fully saturated rings. The van der Waals surface area contributed by atoms with Crippen molar-refractivity contribution in [3.05, 3.63) is 40.8 Å². The van der Waals surface area contributed by atoms with Gasteiger partial charge in [-0.05, 0) is 55.3 Å². The van der Waals surface area contributed by atoms with Gasteiger partial charge in [-0.1, -0.05) is 12.1 Å². The maximum atomic E-state index is 12.5. The number of amides is 1. The van der Waals surface area contributed by atoms with Crippen LogP contribution >= 0.6 is 15.9 Å². The summed E-state index contributed by atoms with van der Waals surface area (Å²) >= 11 is 3.54. The zero-order chi connectivity index (χ0) is 24.7. The SMILES string of the molecule is CN(C(=O)OC(C)(C)C)[C@@H]1CCN(c2nc(NCc3nc4ccccc4[nH]3)n3ncc(Br)c3n2)C1. The topological polar surface area (TPSA) is 117 Å². The molecule has 35 heavy (non-hydrogen) atoms. The number of carbonyl (C=O) groups excluding carboxylic acids is 1. The first-order chi connectivity index (χ1) is 16.7. The lowest BCUT2D eigenvalue weighted by molar-refractivity contribution is 0.0238. The Bertz CT molecular complexity index is 1340. The number of para-hydroxylation sites is 2. The third kappa shape index (κ3) is 4.88. The van der Waals surface area contributed by atoms with Crippen molar-refractivity contribution in [1.82, 2.24) is 34.4 Å². The largest absolute Gasteiger partial charge is 0.444 e. The molecule has 0 spiro atoms. The third-order valence-electron chi connectivity index (χ3n) is 5.84. The zero-order valence-electron chi connectivity index (χ0n) is 20.1. The van der Waals surface area contributed by atoms with Crippen LogP contribution in [-0.4, -0.2) is 72.3 Å². The number of carbonyl (C=O) groups is 1. The van der Waals surface area contributed by atoms with Crippen LogP contribution in [0.1, 0.15) is 33.0 Å². The number of H-pyrrole nitrogens is 1. The van der Waals surface area contributed by atoms with Crippen LogP contribution < -0.4 is 10.2 Å². The smallest absolute Gasteiger partial charge is 0.410 e. The Kier molecular flexibility index (Phi) is 5.99. The highest BCUT2D eigenvalue weighted by Crippen LogP contribution is 2.26. The number of benzene rings is 1. The molecule has 1 aliphatic rings. The number of nitrogens with one attached hydrogen (secondary N) is 2. The van der Waals surface area contributed by atoms with Gasteiger partial charge in [-0.25, -0.2) is 9.78 Å². The van der Waals surface area contributed by atoms with Crippen LogP contribution in [0.5, 0.6) is 0 Å². The Labute approximate surface area is 211 Å². The van der Waals surface area contributed by atoms with Crippen LogP contribution in [0.3, 0.4) is 0 Å². The van der Waals surface area contributed by atoms with Gasteiger partial charge in [0.1, 0.15) is 11.4 Å². The van der Waals surface area contributed by atoms with Crippen LogP contribution in [-0.2, 0) is 11.3 Å². The number of aromatic amines is 1. The molecule has 1 aromatic carbocycles. The fraction of sp³-hybridized carbons (Fsp3) is 0.435. The van der Waals surface area contributed by atoms with E-state index in [0.717, 1.165) is 34.3 Å². The van der Waals surface area contributed by atoms with Crippen molar-refractivity contribution in [3.8, 4) is 0 Å².